The van der Waals surface area contributed by atoms with Crippen LogP contribution in [0.15, 0.2) is 24.3 Å². The monoisotopic (exact) mass is 296 g/mol. The first-order valence-corrected chi connectivity index (χ1v) is 8.48. The van der Waals surface area contributed by atoms with E-state index in [4.69, 9.17) is 0 Å². The maximum absolute atomic E-state index is 11.8. The summed E-state index contributed by atoms with van der Waals surface area (Å²) in [6.45, 7) is 2.40. The summed E-state index contributed by atoms with van der Waals surface area (Å²) in [6.07, 6.45) is 1.42. The Hall–Kier alpha value is -1.40. The molecule has 0 aliphatic carbocycles. The molecule has 1 unspecified atom stereocenters. The number of anilines is 1. The van der Waals surface area contributed by atoms with Crippen LogP contribution in [0.2, 0.25) is 0 Å². The molecule has 1 aromatic rings. The molecule has 5 nitrogen and oxygen atoms in total. The highest BCUT2D eigenvalue weighted by Gasteiger charge is 2.30. The second-order valence-electron chi connectivity index (χ2n) is 5.13. The normalized spacial score (nSPS) is 20.8. The van der Waals surface area contributed by atoms with E-state index in [2.05, 4.69) is 10.6 Å². The zero-order chi connectivity index (χ0) is 14.6. The van der Waals surface area contributed by atoms with Gasteiger partial charge in [0, 0.05) is 12.2 Å². The minimum atomic E-state index is -2.94. The molecule has 1 aromatic carbocycles. The summed E-state index contributed by atoms with van der Waals surface area (Å²) in [4.78, 5) is 11.8. The van der Waals surface area contributed by atoms with E-state index in [1.165, 1.54) is 0 Å². The molecule has 0 aromatic heterocycles. The largest absolute Gasteiger partial charge is 0.325 e. The van der Waals surface area contributed by atoms with Gasteiger partial charge in [0.1, 0.15) is 0 Å². The number of benzene rings is 1. The maximum Gasteiger partial charge on any atom is 0.238 e. The lowest BCUT2D eigenvalue weighted by Crippen LogP contribution is -2.35. The number of rotatable bonds is 5. The Balaban J connectivity index is 1.77. The lowest BCUT2D eigenvalue weighted by Gasteiger charge is -2.11. The SMILES string of the molecule is Cc1ccccc1NC(=O)CNCC1CCCS1(=O)=O. The summed E-state index contributed by atoms with van der Waals surface area (Å²) >= 11 is 0. The summed E-state index contributed by atoms with van der Waals surface area (Å²) < 4.78 is 23.3. The van der Waals surface area contributed by atoms with Gasteiger partial charge in [0.15, 0.2) is 9.84 Å². The number of aryl methyl sites for hydroxylation is 1. The van der Waals surface area contributed by atoms with Crippen molar-refractivity contribution in [1.82, 2.24) is 5.32 Å². The molecule has 1 aliphatic rings. The predicted octanol–water partition coefficient (Wildman–Crippen LogP) is 1.10. The molecule has 0 saturated carbocycles. The van der Waals surface area contributed by atoms with E-state index >= 15 is 0 Å². The fraction of sp³-hybridized carbons (Fsp3) is 0.500. The van der Waals surface area contributed by atoms with E-state index in [-0.39, 0.29) is 23.5 Å². The molecular formula is C14H20N2O3S. The first-order valence-electron chi connectivity index (χ1n) is 6.77. The van der Waals surface area contributed by atoms with Crippen LogP contribution < -0.4 is 10.6 Å². The highest BCUT2D eigenvalue weighted by Crippen LogP contribution is 2.19. The number of amides is 1. The average molecular weight is 296 g/mol. The second-order valence-corrected chi connectivity index (χ2v) is 7.53. The molecule has 110 valence electrons. The van der Waals surface area contributed by atoms with Crippen LogP contribution in [-0.4, -0.2) is 38.4 Å². The number of sulfone groups is 1. The Kier molecular flexibility index (Phi) is 4.77. The molecular weight excluding hydrogens is 276 g/mol. The van der Waals surface area contributed by atoms with E-state index in [0.29, 0.717) is 13.0 Å². The molecule has 1 fully saturated rings. The van der Waals surface area contributed by atoms with E-state index in [0.717, 1.165) is 17.7 Å². The van der Waals surface area contributed by atoms with Gasteiger partial charge in [0.05, 0.1) is 17.5 Å². The summed E-state index contributed by atoms with van der Waals surface area (Å²) in [7, 11) is -2.94. The van der Waals surface area contributed by atoms with Gasteiger partial charge >= 0.3 is 0 Å². The smallest absolute Gasteiger partial charge is 0.238 e. The first-order chi connectivity index (χ1) is 9.49. The van der Waals surface area contributed by atoms with Gasteiger partial charge in [0.2, 0.25) is 5.91 Å². The number of nitrogens with one attached hydrogen (secondary N) is 2. The fourth-order valence-corrected chi connectivity index (χ4v) is 4.14. The molecule has 20 heavy (non-hydrogen) atoms. The van der Waals surface area contributed by atoms with Crippen LogP contribution in [-0.2, 0) is 14.6 Å². The van der Waals surface area contributed by atoms with Crippen LogP contribution in [0.1, 0.15) is 18.4 Å². The number of hydrogen-bond acceptors (Lipinski definition) is 4. The number of para-hydroxylation sites is 1. The van der Waals surface area contributed by atoms with Gasteiger partial charge in [-0.25, -0.2) is 8.42 Å². The number of carbonyl (C=O) groups excluding carboxylic acids is 1. The van der Waals surface area contributed by atoms with Crippen molar-refractivity contribution in [2.75, 3.05) is 24.2 Å². The Labute approximate surface area is 119 Å². The van der Waals surface area contributed by atoms with Gasteiger partial charge in [-0.15, -0.1) is 0 Å². The Morgan fingerprint density at radius 1 is 1.35 bits per heavy atom. The van der Waals surface area contributed by atoms with E-state index < -0.39 is 9.84 Å². The minimum Gasteiger partial charge on any atom is -0.325 e. The van der Waals surface area contributed by atoms with Crippen LogP contribution in [0.5, 0.6) is 0 Å². The lowest BCUT2D eigenvalue weighted by molar-refractivity contribution is -0.115. The molecule has 0 spiro atoms. The Morgan fingerprint density at radius 2 is 2.10 bits per heavy atom. The van der Waals surface area contributed by atoms with Gasteiger partial charge in [-0.3, -0.25) is 4.79 Å². The third-order valence-electron chi connectivity index (χ3n) is 3.54. The molecule has 0 bridgehead atoms. The van der Waals surface area contributed by atoms with Crippen LogP contribution in [0.25, 0.3) is 0 Å². The highest BCUT2D eigenvalue weighted by molar-refractivity contribution is 7.92. The van der Waals surface area contributed by atoms with Crippen LogP contribution in [0.3, 0.4) is 0 Å². The van der Waals surface area contributed by atoms with Crippen molar-refractivity contribution in [3.63, 3.8) is 0 Å². The zero-order valence-electron chi connectivity index (χ0n) is 11.6. The Morgan fingerprint density at radius 3 is 2.75 bits per heavy atom. The quantitative estimate of drug-likeness (QED) is 0.853. The van der Waals surface area contributed by atoms with Gasteiger partial charge in [-0.2, -0.15) is 0 Å². The lowest BCUT2D eigenvalue weighted by atomic mass is 10.2. The van der Waals surface area contributed by atoms with Gasteiger partial charge in [-0.1, -0.05) is 18.2 Å². The summed E-state index contributed by atoms with van der Waals surface area (Å²) in [6, 6.07) is 7.54. The maximum atomic E-state index is 11.8. The van der Waals surface area contributed by atoms with Crippen molar-refractivity contribution >= 4 is 21.4 Å². The van der Waals surface area contributed by atoms with Crippen molar-refractivity contribution in [3.05, 3.63) is 29.8 Å². The number of hydrogen-bond donors (Lipinski definition) is 2. The second kappa shape index (κ2) is 6.37. The van der Waals surface area contributed by atoms with Crippen molar-refractivity contribution in [3.8, 4) is 0 Å². The minimum absolute atomic E-state index is 0.125. The van der Waals surface area contributed by atoms with Crippen molar-refractivity contribution in [2.24, 2.45) is 0 Å². The van der Waals surface area contributed by atoms with E-state index in [1.807, 2.05) is 31.2 Å². The van der Waals surface area contributed by atoms with Crippen LogP contribution in [0.4, 0.5) is 5.69 Å². The molecule has 1 saturated heterocycles. The van der Waals surface area contributed by atoms with Crippen molar-refractivity contribution < 1.29 is 13.2 Å². The van der Waals surface area contributed by atoms with Crippen LogP contribution >= 0.6 is 0 Å². The first kappa shape index (κ1) is 15.0. The number of carbonyl (C=O) groups is 1. The van der Waals surface area contributed by atoms with E-state index in [9.17, 15) is 13.2 Å². The Bertz CT molecular complexity index is 584. The molecule has 6 heteroatoms. The average Bonchev–Trinajstić information content (AvgIpc) is 2.72. The topological polar surface area (TPSA) is 75.3 Å². The van der Waals surface area contributed by atoms with Crippen molar-refractivity contribution in [1.29, 1.82) is 0 Å². The highest BCUT2D eigenvalue weighted by atomic mass is 32.2. The molecule has 1 amide bonds. The third-order valence-corrected chi connectivity index (χ3v) is 5.82. The molecule has 1 atom stereocenters. The standard InChI is InChI=1S/C14H20N2O3S/c1-11-5-2-3-7-13(11)16-14(17)10-15-9-12-6-4-8-20(12,18)19/h2-3,5,7,12,15H,4,6,8-10H2,1H3,(H,16,17). The third kappa shape index (κ3) is 3.80. The van der Waals surface area contributed by atoms with Gasteiger partial charge < -0.3 is 10.6 Å². The van der Waals surface area contributed by atoms with Crippen molar-refractivity contribution in [2.45, 2.75) is 25.0 Å². The molecule has 1 heterocycles. The predicted molar refractivity (Wildman–Crippen MR) is 79.5 cm³/mol. The zero-order valence-corrected chi connectivity index (χ0v) is 12.4. The molecule has 2 rings (SSSR count). The molecule has 0 radical (unpaired) electrons. The molecule has 1 aliphatic heterocycles. The van der Waals surface area contributed by atoms with Gasteiger partial charge in [-0.05, 0) is 31.4 Å². The molecule has 2 N–H and O–H groups in total. The van der Waals surface area contributed by atoms with Crippen LogP contribution in [0, 0.1) is 6.92 Å². The van der Waals surface area contributed by atoms with E-state index in [1.54, 1.807) is 0 Å². The fourth-order valence-electron chi connectivity index (χ4n) is 2.34. The summed E-state index contributed by atoms with van der Waals surface area (Å²) in [5.74, 6) is 0.115. The summed E-state index contributed by atoms with van der Waals surface area (Å²) in [5.41, 5.74) is 1.78. The summed E-state index contributed by atoms with van der Waals surface area (Å²) in [5, 5.41) is 5.40. The van der Waals surface area contributed by atoms with Gasteiger partial charge in [0.25, 0.3) is 0 Å².